The number of fused-ring (bicyclic) bond motifs is 2. The molecule has 0 saturated carbocycles. The summed E-state index contributed by atoms with van der Waals surface area (Å²) in [6.07, 6.45) is 0.876. The number of halogens is 2. The maximum absolute atomic E-state index is 6.57. The molecule has 0 unspecified atom stereocenters. The molecule has 4 heterocycles. The molecule has 0 fully saturated rings. The lowest BCUT2D eigenvalue weighted by Crippen LogP contribution is -2.30. The number of methoxy groups -OCH3 is 1. The molecule has 1 aliphatic rings. The van der Waals surface area contributed by atoms with Crippen molar-refractivity contribution < 1.29 is 4.74 Å². The summed E-state index contributed by atoms with van der Waals surface area (Å²) in [6, 6.07) is 9.42. The molecule has 0 radical (unpaired) electrons. The fourth-order valence-electron chi connectivity index (χ4n) is 4.05. The highest BCUT2D eigenvalue weighted by Gasteiger charge is 2.26. The van der Waals surface area contributed by atoms with Crippen molar-refractivity contribution in [3.8, 4) is 17.0 Å². The number of rotatable bonds is 4. The van der Waals surface area contributed by atoms with Crippen molar-refractivity contribution in [1.29, 1.82) is 0 Å². The number of aromatic amines is 1. The molecule has 1 aromatic carbocycles. The maximum atomic E-state index is 6.57. The van der Waals surface area contributed by atoms with Gasteiger partial charge in [0.2, 0.25) is 0 Å². The summed E-state index contributed by atoms with van der Waals surface area (Å²) in [5.41, 5.74) is 5.85. The predicted octanol–water partition coefficient (Wildman–Crippen LogP) is 4.23. The van der Waals surface area contributed by atoms with Crippen LogP contribution in [0.3, 0.4) is 0 Å². The van der Waals surface area contributed by atoms with E-state index in [9.17, 15) is 0 Å². The first-order chi connectivity index (χ1) is 14.5. The SMILES string of the molecule is COc1ccc(-c2c3c(nn2C)CCN(Cc2nc4nc(Cl)ccc4[nH]2)C3)c(Cl)c1. The molecule has 7 nitrogen and oxygen atoms in total. The van der Waals surface area contributed by atoms with Gasteiger partial charge in [-0.15, -0.1) is 0 Å². The second-order valence-corrected chi connectivity index (χ2v) is 8.19. The molecule has 0 saturated heterocycles. The summed E-state index contributed by atoms with van der Waals surface area (Å²) in [5.74, 6) is 1.61. The van der Waals surface area contributed by atoms with Crippen LogP contribution in [0.15, 0.2) is 30.3 Å². The van der Waals surface area contributed by atoms with Gasteiger partial charge in [0.15, 0.2) is 5.65 Å². The molecule has 30 heavy (non-hydrogen) atoms. The van der Waals surface area contributed by atoms with Gasteiger partial charge in [0.25, 0.3) is 0 Å². The van der Waals surface area contributed by atoms with Crippen molar-refractivity contribution in [1.82, 2.24) is 29.6 Å². The number of pyridine rings is 1. The topological polar surface area (TPSA) is 71.9 Å². The highest BCUT2D eigenvalue weighted by Crippen LogP contribution is 2.36. The van der Waals surface area contributed by atoms with Crippen molar-refractivity contribution in [2.24, 2.45) is 7.05 Å². The number of imidazole rings is 1. The quantitative estimate of drug-likeness (QED) is 0.478. The van der Waals surface area contributed by atoms with Crippen molar-refractivity contribution in [3.63, 3.8) is 0 Å². The number of aromatic nitrogens is 5. The van der Waals surface area contributed by atoms with Crippen LogP contribution in [0.25, 0.3) is 22.4 Å². The van der Waals surface area contributed by atoms with Crippen LogP contribution in [0.5, 0.6) is 5.75 Å². The van der Waals surface area contributed by atoms with E-state index in [1.807, 2.05) is 36.0 Å². The van der Waals surface area contributed by atoms with E-state index in [1.54, 1.807) is 13.2 Å². The smallest absolute Gasteiger partial charge is 0.179 e. The van der Waals surface area contributed by atoms with Gasteiger partial charge in [-0.25, -0.2) is 9.97 Å². The Morgan fingerprint density at radius 3 is 2.83 bits per heavy atom. The molecule has 1 aliphatic heterocycles. The van der Waals surface area contributed by atoms with Gasteiger partial charge in [-0.3, -0.25) is 9.58 Å². The average Bonchev–Trinajstić information content (AvgIpc) is 3.26. The zero-order valence-electron chi connectivity index (χ0n) is 16.6. The lowest BCUT2D eigenvalue weighted by atomic mass is 10.0. The Morgan fingerprint density at radius 1 is 1.17 bits per heavy atom. The number of aryl methyl sites for hydroxylation is 1. The zero-order valence-corrected chi connectivity index (χ0v) is 18.1. The molecule has 0 atom stereocenters. The molecule has 4 aromatic rings. The van der Waals surface area contributed by atoms with Gasteiger partial charge < -0.3 is 9.72 Å². The first-order valence-corrected chi connectivity index (χ1v) is 10.4. The first kappa shape index (κ1) is 19.4. The lowest BCUT2D eigenvalue weighted by molar-refractivity contribution is 0.240. The van der Waals surface area contributed by atoms with Gasteiger partial charge >= 0.3 is 0 Å². The van der Waals surface area contributed by atoms with E-state index in [-0.39, 0.29) is 0 Å². The molecule has 1 N–H and O–H groups in total. The number of ether oxygens (including phenoxy) is 1. The molecule has 5 rings (SSSR count). The third-order valence-electron chi connectivity index (χ3n) is 5.44. The molecule has 0 bridgehead atoms. The molecule has 0 amide bonds. The van der Waals surface area contributed by atoms with Gasteiger partial charge in [-0.1, -0.05) is 23.2 Å². The zero-order chi connectivity index (χ0) is 20.8. The van der Waals surface area contributed by atoms with E-state index >= 15 is 0 Å². The van der Waals surface area contributed by atoms with Gasteiger partial charge in [0.1, 0.15) is 16.7 Å². The van der Waals surface area contributed by atoms with Crippen LogP contribution in [-0.2, 0) is 26.6 Å². The first-order valence-electron chi connectivity index (χ1n) is 9.64. The van der Waals surface area contributed by atoms with Gasteiger partial charge in [-0.2, -0.15) is 5.10 Å². The van der Waals surface area contributed by atoms with E-state index in [0.717, 1.165) is 53.6 Å². The fourth-order valence-corrected chi connectivity index (χ4v) is 4.45. The Balaban J connectivity index is 1.44. The molecular formula is C21H20Cl2N6O. The van der Waals surface area contributed by atoms with Crippen LogP contribution in [0.2, 0.25) is 10.2 Å². The van der Waals surface area contributed by atoms with Crippen LogP contribution in [0.1, 0.15) is 17.1 Å². The van der Waals surface area contributed by atoms with E-state index in [2.05, 4.69) is 19.9 Å². The normalized spacial score (nSPS) is 14.3. The number of hydrogen-bond acceptors (Lipinski definition) is 5. The van der Waals surface area contributed by atoms with Crippen LogP contribution in [0.4, 0.5) is 0 Å². The minimum Gasteiger partial charge on any atom is -0.497 e. The fraction of sp³-hybridized carbons (Fsp3) is 0.286. The minimum absolute atomic E-state index is 0.444. The van der Waals surface area contributed by atoms with Crippen molar-refractivity contribution >= 4 is 34.4 Å². The number of nitrogens with zero attached hydrogens (tertiary/aromatic N) is 5. The minimum atomic E-state index is 0.444. The second-order valence-electron chi connectivity index (χ2n) is 7.39. The average molecular weight is 443 g/mol. The molecular weight excluding hydrogens is 423 g/mol. The van der Waals surface area contributed by atoms with E-state index < -0.39 is 0 Å². The van der Waals surface area contributed by atoms with Gasteiger partial charge in [-0.05, 0) is 30.3 Å². The summed E-state index contributed by atoms with van der Waals surface area (Å²) in [7, 11) is 3.60. The molecule has 3 aromatic heterocycles. The molecule has 0 aliphatic carbocycles. The Morgan fingerprint density at radius 2 is 2.03 bits per heavy atom. The Bertz CT molecular complexity index is 1250. The summed E-state index contributed by atoms with van der Waals surface area (Å²) in [5, 5.41) is 5.84. The highest BCUT2D eigenvalue weighted by atomic mass is 35.5. The summed E-state index contributed by atoms with van der Waals surface area (Å²) >= 11 is 12.6. The summed E-state index contributed by atoms with van der Waals surface area (Å²) in [6.45, 7) is 2.37. The van der Waals surface area contributed by atoms with E-state index in [0.29, 0.717) is 22.4 Å². The Labute approximate surface area is 183 Å². The molecule has 154 valence electrons. The predicted molar refractivity (Wildman–Crippen MR) is 117 cm³/mol. The van der Waals surface area contributed by atoms with Gasteiger partial charge in [0.05, 0.1) is 35.6 Å². The van der Waals surface area contributed by atoms with Crippen molar-refractivity contribution in [3.05, 3.63) is 57.6 Å². The second kappa shape index (κ2) is 7.58. The van der Waals surface area contributed by atoms with Crippen LogP contribution in [0, 0.1) is 0 Å². The summed E-state index contributed by atoms with van der Waals surface area (Å²) in [4.78, 5) is 14.6. The lowest BCUT2D eigenvalue weighted by Gasteiger charge is -2.26. The van der Waals surface area contributed by atoms with Crippen molar-refractivity contribution in [2.45, 2.75) is 19.5 Å². The monoisotopic (exact) mass is 442 g/mol. The summed E-state index contributed by atoms with van der Waals surface area (Å²) < 4.78 is 7.21. The third kappa shape index (κ3) is 3.43. The Kier molecular flexibility index (Phi) is 4.89. The largest absolute Gasteiger partial charge is 0.497 e. The highest BCUT2D eigenvalue weighted by molar-refractivity contribution is 6.33. The third-order valence-corrected chi connectivity index (χ3v) is 5.96. The van der Waals surface area contributed by atoms with Crippen molar-refractivity contribution in [2.75, 3.05) is 13.7 Å². The number of nitrogens with one attached hydrogen (secondary N) is 1. The number of hydrogen-bond donors (Lipinski definition) is 1. The van der Waals surface area contributed by atoms with E-state index in [1.165, 1.54) is 5.56 Å². The number of H-pyrrole nitrogens is 1. The maximum Gasteiger partial charge on any atom is 0.179 e. The van der Waals surface area contributed by atoms with Gasteiger partial charge in [0, 0.05) is 37.7 Å². The van der Waals surface area contributed by atoms with Crippen LogP contribution in [-0.4, -0.2) is 43.3 Å². The molecule has 9 heteroatoms. The van der Waals surface area contributed by atoms with E-state index in [4.69, 9.17) is 33.0 Å². The number of benzene rings is 1. The van der Waals surface area contributed by atoms with Crippen LogP contribution < -0.4 is 4.74 Å². The standard InChI is InChI=1S/C21H20Cl2N6O/c1-28-20(13-4-3-12(30-2)9-15(13)22)14-10-29(8-7-16(14)27-28)11-19-24-17-5-6-18(23)25-21(17)26-19/h3-6,9H,7-8,10-11H2,1-2H3,(H,24,25,26). The Hall–Kier alpha value is -2.61. The van der Waals surface area contributed by atoms with Crippen LogP contribution >= 0.6 is 23.2 Å². The molecule has 0 spiro atoms.